The molecule has 2 N–H and O–H groups in total. The molecule has 1 rings (SSSR count). The molecule has 1 aromatic carbocycles. The summed E-state index contributed by atoms with van der Waals surface area (Å²) < 4.78 is 25.8. The molecule has 0 aromatic heterocycles. The van der Waals surface area contributed by atoms with Crippen LogP contribution in [0.4, 0.5) is 8.78 Å². The van der Waals surface area contributed by atoms with E-state index >= 15 is 0 Å². The second kappa shape index (κ2) is 5.23. The Balaban J connectivity index is 2.81. The van der Waals surface area contributed by atoms with Gasteiger partial charge >= 0.3 is 0 Å². The Bertz CT molecular complexity index is 419. The van der Waals surface area contributed by atoms with Gasteiger partial charge in [0.25, 0.3) is 0 Å². The van der Waals surface area contributed by atoms with Crippen molar-refractivity contribution in [1.29, 1.82) is 0 Å². The maximum atomic E-state index is 13.1. The van der Waals surface area contributed by atoms with Crippen LogP contribution in [0.25, 0.3) is 0 Å². The number of aliphatic hydroxyl groups is 1. The molecule has 0 aliphatic carbocycles. The molecule has 3 nitrogen and oxygen atoms in total. The molecule has 0 unspecified atom stereocenters. The molecule has 0 radical (unpaired) electrons. The number of hydrogen-bond acceptors (Lipinski definition) is 2. The van der Waals surface area contributed by atoms with Crippen molar-refractivity contribution >= 4 is 5.91 Å². The maximum absolute atomic E-state index is 13.1. The van der Waals surface area contributed by atoms with E-state index in [9.17, 15) is 13.6 Å². The van der Waals surface area contributed by atoms with E-state index in [1.54, 1.807) is 13.8 Å². The van der Waals surface area contributed by atoms with Crippen LogP contribution >= 0.6 is 0 Å². The Hall–Kier alpha value is -1.49. The lowest BCUT2D eigenvalue weighted by molar-refractivity contribution is -0.124. The van der Waals surface area contributed by atoms with Gasteiger partial charge in [-0.05, 0) is 17.7 Å². The minimum absolute atomic E-state index is 0.234. The fourth-order valence-corrected chi connectivity index (χ4v) is 1.39. The highest BCUT2D eigenvalue weighted by Crippen LogP contribution is 2.23. The summed E-state index contributed by atoms with van der Waals surface area (Å²) in [6.07, 6.45) is 0. The number of rotatable bonds is 4. The highest BCUT2D eigenvalue weighted by atomic mass is 19.2. The van der Waals surface area contributed by atoms with Gasteiger partial charge in [0, 0.05) is 12.0 Å². The van der Waals surface area contributed by atoms with Crippen LogP contribution in [0.1, 0.15) is 19.4 Å². The van der Waals surface area contributed by atoms with E-state index in [0.717, 1.165) is 12.1 Å². The van der Waals surface area contributed by atoms with Crippen LogP contribution in [0.3, 0.4) is 0 Å². The molecular formula is C12H15F2NO2. The topological polar surface area (TPSA) is 49.3 Å². The summed E-state index contributed by atoms with van der Waals surface area (Å²) in [5.74, 6) is -2.31. The molecule has 0 aliphatic rings. The fraction of sp³-hybridized carbons (Fsp3) is 0.417. The Labute approximate surface area is 98.5 Å². The monoisotopic (exact) mass is 243 g/mol. The van der Waals surface area contributed by atoms with Crippen molar-refractivity contribution in [3.05, 3.63) is 35.4 Å². The first-order valence-corrected chi connectivity index (χ1v) is 5.20. The SMILES string of the molecule is CC(C)(CNC(=O)CO)c1ccc(F)c(F)c1. The summed E-state index contributed by atoms with van der Waals surface area (Å²) in [6.45, 7) is 3.22. The largest absolute Gasteiger partial charge is 0.387 e. The van der Waals surface area contributed by atoms with Crippen molar-refractivity contribution in [2.45, 2.75) is 19.3 Å². The number of carbonyl (C=O) groups is 1. The molecule has 0 saturated heterocycles. The molecule has 94 valence electrons. The van der Waals surface area contributed by atoms with Gasteiger partial charge in [-0.2, -0.15) is 0 Å². The van der Waals surface area contributed by atoms with E-state index in [2.05, 4.69) is 5.32 Å². The number of aliphatic hydroxyl groups excluding tert-OH is 1. The van der Waals surface area contributed by atoms with E-state index in [1.807, 2.05) is 0 Å². The zero-order valence-electron chi connectivity index (χ0n) is 9.76. The van der Waals surface area contributed by atoms with Crippen molar-refractivity contribution < 1.29 is 18.7 Å². The van der Waals surface area contributed by atoms with E-state index in [-0.39, 0.29) is 6.54 Å². The molecule has 0 fully saturated rings. The average molecular weight is 243 g/mol. The van der Waals surface area contributed by atoms with Gasteiger partial charge in [-0.25, -0.2) is 8.78 Å². The molecule has 17 heavy (non-hydrogen) atoms. The van der Waals surface area contributed by atoms with Crippen molar-refractivity contribution in [3.8, 4) is 0 Å². The number of carbonyl (C=O) groups excluding carboxylic acids is 1. The normalized spacial score (nSPS) is 11.4. The molecule has 5 heteroatoms. The van der Waals surface area contributed by atoms with E-state index in [0.29, 0.717) is 5.56 Å². The first kappa shape index (κ1) is 13.6. The third-order valence-electron chi connectivity index (χ3n) is 2.57. The van der Waals surface area contributed by atoms with Crippen LogP contribution in [0.15, 0.2) is 18.2 Å². The smallest absolute Gasteiger partial charge is 0.245 e. The summed E-state index contributed by atoms with van der Waals surface area (Å²) >= 11 is 0. The van der Waals surface area contributed by atoms with Crippen LogP contribution in [0.2, 0.25) is 0 Å². The first-order valence-electron chi connectivity index (χ1n) is 5.20. The minimum Gasteiger partial charge on any atom is -0.387 e. The summed E-state index contributed by atoms with van der Waals surface area (Å²) in [5.41, 5.74) is 0.0361. The predicted molar refractivity (Wildman–Crippen MR) is 59.5 cm³/mol. The molecule has 0 heterocycles. The third kappa shape index (κ3) is 3.49. The standard InChI is InChI=1S/C12H15F2NO2/c1-12(2,7-15-11(17)6-16)8-3-4-9(13)10(14)5-8/h3-5,16H,6-7H2,1-2H3,(H,15,17). The zero-order valence-corrected chi connectivity index (χ0v) is 9.76. The van der Waals surface area contributed by atoms with Crippen molar-refractivity contribution in [1.82, 2.24) is 5.32 Å². The molecular weight excluding hydrogens is 228 g/mol. The van der Waals surface area contributed by atoms with Crippen molar-refractivity contribution in [3.63, 3.8) is 0 Å². The average Bonchev–Trinajstić information content (AvgIpc) is 2.29. The Kier molecular flexibility index (Phi) is 4.17. The Morgan fingerprint density at radius 3 is 2.53 bits per heavy atom. The second-order valence-electron chi connectivity index (χ2n) is 4.45. The minimum atomic E-state index is -0.913. The highest BCUT2D eigenvalue weighted by Gasteiger charge is 2.22. The first-order chi connectivity index (χ1) is 7.86. The molecule has 0 saturated carbocycles. The van der Waals surface area contributed by atoms with Crippen LogP contribution in [-0.2, 0) is 10.2 Å². The molecule has 0 atom stereocenters. The van der Waals surface area contributed by atoms with Gasteiger partial charge in [-0.3, -0.25) is 4.79 Å². The lowest BCUT2D eigenvalue weighted by Crippen LogP contribution is -2.38. The van der Waals surface area contributed by atoms with Crippen LogP contribution in [-0.4, -0.2) is 24.2 Å². The lowest BCUT2D eigenvalue weighted by Gasteiger charge is -2.25. The maximum Gasteiger partial charge on any atom is 0.245 e. The number of amides is 1. The molecule has 0 bridgehead atoms. The summed E-state index contributed by atoms with van der Waals surface area (Å²) in [6, 6.07) is 3.64. The van der Waals surface area contributed by atoms with Gasteiger partial charge in [0.2, 0.25) is 5.91 Å². The van der Waals surface area contributed by atoms with Crippen molar-refractivity contribution in [2.75, 3.05) is 13.2 Å². The zero-order chi connectivity index (χ0) is 13.1. The predicted octanol–water partition coefficient (Wildman–Crippen LogP) is 1.35. The summed E-state index contributed by atoms with van der Waals surface area (Å²) in [4.78, 5) is 10.9. The van der Waals surface area contributed by atoms with Gasteiger partial charge in [0.1, 0.15) is 6.61 Å². The van der Waals surface area contributed by atoms with Crippen molar-refractivity contribution in [2.24, 2.45) is 0 Å². The van der Waals surface area contributed by atoms with Gasteiger partial charge in [-0.15, -0.1) is 0 Å². The fourth-order valence-electron chi connectivity index (χ4n) is 1.39. The number of nitrogens with one attached hydrogen (secondary N) is 1. The van der Waals surface area contributed by atoms with E-state index in [1.165, 1.54) is 6.07 Å². The Morgan fingerprint density at radius 2 is 2.00 bits per heavy atom. The second-order valence-corrected chi connectivity index (χ2v) is 4.45. The van der Waals surface area contributed by atoms with E-state index < -0.39 is 29.6 Å². The third-order valence-corrected chi connectivity index (χ3v) is 2.57. The van der Waals surface area contributed by atoms with E-state index in [4.69, 9.17) is 5.11 Å². The van der Waals surface area contributed by atoms with Crippen LogP contribution < -0.4 is 5.32 Å². The number of halogens is 2. The number of benzene rings is 1. The quantitative estimate of drug-likeness (QED) is 0.838. The molecule has 1 amide bonds. The van der Waals surface area contributed by atoms with Crippen LogP contribution in [0, 0.1) is 11.6 Å². The van der Waals surface area contributed by atoms with Gasteiger partial charge < -0.3 is 10.4 Å². The highest BCUT2D eigenvalue weighted by molar-refractivity contribution is 5.76. The van der Waals surface area contributed by atoms with Crippen LogP contribution in [0.5, 0.6) is 0 Å². The van der Waals surface area contributed by atoms with Gasteiger partial charge in [0.05, 0.1) is 0 Å². The Morgan fingerprint density at radius 1 is 1.35 bits per heavy atom. The number of hydrogen-bond donors (Lipinski definition) is 2. The molecule has 0 aliphatic heterocycles. The summed E-state index contributed by atoms with van der Waals surface area (Å²) in [7, 11) is 0. The molecule has 1 aromatic rings. The molecule has 0 spiro atoms. The summed E-state index contributed by atoms with van der Waals surface area (Å²) in [5, 5.41) is 11.1. The van der Waals surface area contributed by atoms with Gasteiger partial charge in [-0.1, -0.05) is 19.9 Å². The lowest BCUT2D eigenvalue weighted by atomic mass is 9.84. The van der Waals surface area contributed by atoms with Gasteiger partial charge in [0.15, 0.2) is 11.6 Å².